The summed E-state index contributed by atoms with van der Waals surface area (Å²) in [5.74, 6) is 2.52. The minimum Gasteiger partial charge on any atom is -0.493 e. The fourth-order valence-corrected chi connectivity index (χ4v) is 4.22. The Kier molecular flexibility index (Phi) is 9.46. The minimum absolute atomic E-state index is 0. The van der Waals surface area contributed by atoms with Crippen LogP contribution >= 0.6 is 24.0 Å². The number of ether oxygens (including phenoxy) is 2. The smallest absolute Gasteiger partial charge is 0.194 e. The number of aliphatic imine (C=N–C) groups is 1. The summed E-state index contributed by atoms with van der Waals surface area (Å²) in [5.41, 5.74) is 6.26. The SMILES string of the molecule is CCNC(=NCc1c(CC)nn(C)c1CC)N1CCc2cc(OC)c(OC)cc2C1.I. The summed E-state index contributed by atoms with van der Waals surface area (Å²) in [5, 5.41) is 8.17. The molecular weight excluding hydrogens is 505 g/mol. The molecule has 0 saturated carbocycles. The molecule has 0 spiro atoms. The van der Waals surface area contributed by atoms with Gasteiger partial charge in [0.15, 0.2) is 17.5 Å². The highest BCUT2D eigenvalue weighted by atomic mass is 127. The predicted octanol–water partition coefficient (Wildman–Crippen LogP) is 3.70. The lowest BCUT2D eigenvalue weighted by Gasteiger charge is -2.32. The molecule has 7 nitrogen and oxygen atoms in total. The number of nitrogens with one attached hydrogen (secondary N) is 1. The van der Waals surface area contributed by atoms with Crippen LogP contribution in [0.5, 0.6) is 11.5 Å². The van der Waals surface area contributed by atoms with E-state index in [1.165, 1.54) is 22.4 Å². The number of aromatic nitrogens is 2. The van der Waals surface area contributed by atoms with Gasteiger partial charge in [0.1, 0.15) is 0 Å². The second-order valence-electron chi connectivity index (χ2n) is 7.52. The molecule has 172 valence electrons. The highest BCUT2D eigenvalue weighted by molar-refractivity contribution is 14.0. The summed E-state index contributed by atoms with van der Waals surface area (Å²) >= 11 is 0. The molecule has 0 aliphatic carbocycles. The maximum atomic E-state index is 5.51. The van der Waals surface area contributed by atoms with Gasteiger partial charge in [-0.1, -0.05) is 13.8 Å². The first kappa shape index (κ1) is 25.3. The molecular formula is C23H36IN5O2. The summed E-state index contributed by atoms with van der Waals surface area (Å²) in [7, 11) is 5.39. The van der Waals surface area contributed by atoms with Gasteiger partial charge in [-0.3, -0.25) is 4.68 Å². The largest absolute Gasteiger partial charge is 0.493 e. The van der Waals surface area contributed by atoms with Crippen LogP contribution in [0, 0.1) is 0 Å². The number of hydrogen-bond acceptors (Lipinski definition) is 4. The van der Waals surface area contributed by atoms with Crippen molar-refractivity contribution in [1.82, 2.24) is 20.0 Å². The molecule has 1 aliphatic heterocycles. The van der Waals surface area contributed by atoms with Crippen molar-refractivity contribution >= 4 is 29.9 Å². The van der Waals surface area contributed by atoms with Crippen LogP contribution in [0.1, 0.15) is 48.8 Å². The number of halogens is 1. The number of rotatable bonds is 7. The normalized spacial score (nSPS) is 13.5. The van der Waals surface area contributed by atoms with Gasteiger partial charge in [-0.15, -0.1) is 24.0 Å². The number of methoxy groups -OCH3 is 2. The van der Waals surface area contributed by atoms with Gasteiger partial charge < -0.3 is 19.7 Å². The molecule has 0 radical (unpaired) electrons. The van der Waals surface area contributed by atoms with Crippen molar-refractivity contribution < 1.29 is 9.47 Å². The standard InChI is InChI=1S/C23H35N5O2.HI/c1-7-19-18(20(8-2)27(4)26-19)14-25-23(24-9-3)28-11-10-16-12-21(29-5)22(30-6)13-17(16)15-28;/h12-13H,7-11,14-15H2,1-6H3,(H,24,25);1H. The number of nitrogens with zero attached hydrogens (tertiary/aromatic N) is 4. The van der Waals surface area contributed by atoms with E-state index in [0.29, 0.717) is 6.54 Å². The van der Waals surface area contributed by atoms with E-state index in [0.717, 1.165) is 62.0 Å². The lowest BCUT2D eigenvalue weighted by atomic mass is 9.99. The van der Waals surface area contributed by atoms with E-state index in [-0.39, 0.29) is 24.0 Å². The van der Waals surface area contributed by atoms with Gasteiger partial charge in [0, 0.05) is 37.9 Å². The second-order valence-corrected chi connectivity index (χ2v) is 7.52. The topological polar surface area (TPSA) is 63.9 Å². The quantitative estimate of drug-likeness (QED) is 0.329. The van der Waals surface area contributed by atoms with Gasteiger partial charge in [0.25, 0.3) is 0 Å². The number of guanidine groups is 1. The van der Waals surface area contributed by atoms with Crippen LogP contribution in [0.3, 0.4) is 0 Å². The highest BCUT2D eigenvalue weighted by Gasteiger charge is 2.22. The molecule has 0 atom stereocenters. The molecule has 0 amide bonds. The Hall–Kier alpha value is -1.97. The molecule has 2 aromatic rings. The summed E-state index contributed by atoms with van der Waals surface area (Å²) in [6.45, 7) is 9.65. The summed E-state index contributed by atoms with van der Waals surface area (Å²) in [4.78, 5) is 7.33. The van der Waals surface area contributed by atoms with Crippen molar-refractivity contribution in [2.75, 3.05) is 27.3 Å². The van der Waals surface area contributed by atoms with Crippen molar-refractivity contribution in [2.24, 2.45) is 12.0 Å². The van der Waals surface area contributed by atoms with E-state index in [4.69, 9.17) is 14.5 Å². The molecule has 2 heterocycles. The summed E-state index contributed by atoms with van der Waals surface area (Å²) < 4.78 is 13.0. The number of aryl methyl sites for hydroxylation is 2. The number of benzene rings is 1. The highest BCUT2D eigenvalue weighted by Crippen LogP contribution is 2.33. The molecule has 1 aromatic heterocycles. The van der Waals surface area contributed by atoms with E-state index >= 15 is 0 Å². The van der Waals surface area contributed by atoms with Gasteiger partial charge >= 0.3 is 0 Å². The van der Waals surface area contributed by atoms with Crippen LogP contribution < -0.4 is 14.8 Å². The van der Waals surface area contributed by atoms with Crippen LogP contribution in [0.2, 0.25) is 0 Å². The molecule has 0 unspecified atom stereocenters. The van der Waals surface area contributed by atoms with Crippen LogP contribution in [0.15, 0.2) is 17.1 Å². The van der Waals surface area contributed by atoms with Gasteiger partial charge in [0.05, 0.1) is 26.5 Å². The van der Waals surface area contributed by atoms with Crippen LogP contribution in [0.25, 0.3) is 0 Å². The molecule has 0 fully saturated rings. The van der Waals surface area contributed by atoms with Crippen molar-refractivity contribution in [3.8, 4) is 11.5 Å². The lowest BCUT2D eigenvalue weighted by molar-refractivity contribution is 0.346. The Morgan fingerprint density at radius 3 is 2.35 bits per heavy atom. The molecule has 0 bridgehead atoms. The van der Waals surface area contributed by atoms with E-state index < -0.39 is 0 Å². The number of fused-ring (bicyclic) bond motifs is 1. The second kappa shape index (κ2) is 11.6. The van der Waals surface area contributed by atoms with Crippen LogP contribution in [-0.2, 0) is 39.4 Å². The van der Waals surface area contributed by atoms with E-state index in [1.54, 1.807) is 14.2 Å². The van der Waals surface area contributed by atoms with Crippen LogP contribution in [-0.4, -0.2) is 47.9 Å². The summed E-state index contributed by atoms with van der Waals surface area (Å²) in [6, 6.07) is 4.20. The minimum atomic E-state index is 0. The molecule has 1 aromatic carbocycles. The van der Waals surface area contributed by atoms with Crippen molar-refractivity contribution in [3.63, 3.8) is 0 Å². The first-order chi connectivity index (χ1) is 14.6. The zero-order valence-electron chi connectivity index (χ0n) is 19.6. The zero-order valence-corrected chi connectivity index (χ0v) is 21.9. The van der Waals surface area contributed by atoms with E-state index in [1.807, 2.05) is 11.7 Å². The van der Waals surface area contributed by atoms with E-state index in [9.17, 15) is 0 Å². The van der Waals surface area contributed by atoms with Gasteiger partial charge in [-0.05, 0) is 49.4 Å². The maximum absolute atomic E-state index is 5.51. The number of hydrogen-bond donors (Lipinski definition) is 1. The van der Waals surface area contributed by atoms with Crippen molar-refractivity contribution in [3.05, 3.63) is 40.2 Å². The molecule has 1 N–H and O–H groups in total. The fraction of sp³-hybridized carbons (Fsp3) is 0.565. The fourth-order valence-electron chi connectivity index (χ4n) is 4.22. The molecule has 3 rings (SSSR count). The third kappa shape index (κ3) is 5.45. The first-order valence-electron chi connectivity index (χ1n) is 10.9. The Morgan fingerprint density at radius 2 is 1.77 bits per heavy atom. The molecule has 0 saturated heterocycles. The predicted molar refractivity (Wildman–Crippen MR) is 136 cm³/mol. The third-order valence-corrected chi connectivity index (χ3v) is 5.77. The maximum Gasteiger partial charge on any atom is 0.194 e. The average molecular weight is 541 g/mol. The Bertz CT molecular complexity index is 910. The third-order valence-electron chi connectivity index (χ3n) is 5.77. The molecule has 8 heteroatoms. The summed E-state index contributed by atoms with van der Waals surface area (Å²) in [6.07, 6.45) is 2.84. The van der Waals surface area contributed by atoms with Crippen molar-refractivity contribution in [2.45, 2.75) is 53.1 Å². The van der Waals surface area contributed by atoms with Crippen molar-refractivity contribution in [1.29, 1.82) is 0 Å². The Balaban J connectivity index is 0.00000341. The Morgan fingerprint density at radius 1 is 1.10 bits per heavy atom. The first-order valence-corrected chi connectivity index (χ1v) is 10.9. The average Bonchev–Trinajstić information content (AvgIpc) is 3.09. The van der Waals surface area contributed by atoms with Gasteiger partial charge in [-0.2, -0.15) is 5.10 Å². The molecule has 1 aliphatic rings. The van der Waals surface area contributed by atoms with Gasteiger partial charge in [-0.25, -0.2) is 4.99 Å². The monoisotopic (exact) mass is 541 g/mol. The van der Waals surface area contributed by atoms with Crippen LogP contribution in [0.4, 0.5) is 0 Å². The molecule has 31 heavy (non-hydrogen) atoms. The lowest BCUT2D eigenvalue weighted by Crippen LogP contribution is -2.44. The van der Waals surface area contributed by atoms with Gasteiger partial charge in [0.2, 0.25) is 0 Å². The Labute approximate surface area is 203 Å². The zero-order chi connectivity index (χ0) is 21.7. The van der Waals surface area contributed by atoms with E-state index in [2.05, 4.69) is 48.2 Å².